The van der Waals surface area contributed by atoms with Crippen LogP contribution in [0.15, 0.2) is 42.5 Å². The maximum absolute atomic E-state index is 13.6. The van der Waals surface area contributed by atoms with Crippen molar-refractivity contribution in [3.63, 3.8) is 0 Å². The molecule has 1 amide bonds. The van der Waals surface area contributed by atoms with E-state index in [9.17, 15) is 17.6 Å². The Labute approximate surface area is 151 Å². The molecular weight excluding hydrogens is 367 g/mol. The number of benzene rings is 2. The molecule has 0 saturated carbocycles. The monoisotopic (exact) mass is 384 g/mol. The van der Waals surface area contributed by atoms with Gasteiger partial charge in [-0.1, -0.05) is 29.8 Å². The molecular formula is C17H18ClFN2O3S. The van der Waals surface area contributed by atoms with Crippen LogP contribution in [0.2, 0.25) is 5.02 Å². The summed E-state index contributed by atoms with van der Waals surface area (Å²) in [7, 11) is -3.58. The highest BCUT2D eigenvalue weighted by Gasteiger charge is 2.20. The minimum absolute atomic E-state index is 0.000207. The maximum Gasteiger partial charge on any atom is 0.254 e. The molecule has 134 valence electrons. The fraction of sp³-hybridized carbons (Fsp3) is 0.235. The van der Waals surface area contributed by atoms with E-state index in [2.05, 4.69) is 5.32 Å². The van der Waals surface area contributed by atoms with E-state index in [1.165, 1.54) is 18.2 Å². The van der Waals surface area contributed by atoms with Crippen molar-refractivity contribution in [3.05, 3.63) is 64.4 Å². The van der Waals surface area contributed by atoms with Crippen LogP contribution in [0.4, 0.5) is 10.1 Å². The zero-order chi connectivity index (χ0) is 18.6. The van der Waals surface area contributed by atoms with Crippen LogP contribution in [0.3, 0.4) is 0 Å². The summed E-state index contributed by atoms with van der Waals surface area (Å²) in [5.74, 6) is -1.24. The van der Waals surface area contributed by atoms with Crippen LogP contribution in [-0.2, 0) is 10.0 Å². The molecule has 0 aromatic heterocycles. The Bertz CT molecular complexity index is 887. The number of halogens is 2. The first kappa shape index (κ1) is 19.2. The lowest BCUT2D eigenvalue weighted by Gasteiger charge is -2.24. The normalized spacial score (nSPS) is 11.2. The molecule has 0 atom stereocenters. The predicted molar refractivity (Wildman–Crippen MR) is 97.1 cm³/mol. The Morgan fingerprint density at radius 1 is 1.20 bits per heavy atom. The molecule has 1 N–H and O–H groups in total. The Kier molecular flexibility index (Phi) is 6.02. The van der Waals surface area contributed by atoms with Crippen molar-refractivity contribution in [1.29, 1.82) is 0 Å². The van der Waals surface area contributed by atoms with Gasteiger partial charge in [0.25, 0.3) is 5.91 Å². The van der Waals surface area contributed by atoms with Gasteiger partial charge in [0, 0.05) is 11.6 Å². The molecule has 0 aliphatic heterocycles. The summed E-state index contributed by atoms with van der Waals surface area (Å²) in [5.41, 5.74) is 0.970. The van der Waals surface area contributed by atoms with Crippen LogP contribution in [0, 0.1) is 12.7 Å². The lowest BCUT2D eigenvalue weighted by atomic mass is 10.2. The maximum atomic E-state index is 13.6. The summed E-state index contributed by atoms with van der Waals surface area (Å²) < 4.78 is 39.0. The first-order valence-corrected chi connectivity index (χ1v) is 9.70. The summed E-state index contributed by atoms with van der Waals surface area (Å²) >= 11 is 6.06. The van der Waals surface area contributed by atoms with E-state index in [0.717, 1.165) is 10.6 Å². The number of sulfonamides is 1. The molecule has 0 spiro atoms. The zero-order valence-electron chi connectivity index (χ0n) is 13.8. The molecule has 0 fully saturated rings. The predicted octanol–water partition coefficient (Wildman–Crippen LogP) is 2.98. The van der Waals surface area contributed by atoms with E-state index < -0.39 is 21.7 Å². The van der Waals surface area contributed by atoms with Gasteiger partial charge in [-0.2, -0.15) is 0 Å². The zero-order valence-corrected chi connectivity index (χ0v) is 15.4. The fourth-order valence-electron chi connectivity index (χ4n) is 2.34. The Morgan fingerprint density at radius 2 is 1.88 bits per heavy atom. The highest BCUT2D eigenvalue weighted by molar-refractivity contribution is 7.92. The molecule has 0 unspecified atom stereocenters. The summed E-state index contributed by atoms with van der Waals surface area (Å²) in [5, 5.41) is 2.97. The minimum atomic E-state index is -3.58. The molecule has 0 bridgehead atoms. The summed E-state index contributed by atoms with van der Waals surface area (Å²) in [6, 6.07) is 10.5. The number of nitrogens with zero attached hydrogens (tertiary/aromatic N) is 1. The van der Waals surface area contributed by atoms with Gasteiger partial charge < -0.3 is 5.32 Å². The Hall–Kier alpha value is -2.12. The summed E-state index contributed by atoms with van der Waals surface area (Å²) in [4.78, 5) is 12.0. The second kappa shape index (κ2) is 7.84. The van der Waals surface area contributed by atoms with E-state index in [0.29, 0.717) is 16.3 Å². The molecule has 0 heterocycles. The number of carbonyl (C=O) groups is 1. The lowest BCUT2D eigenvalue weighted by molar-refractivity contribution is 0.0951. The van der Waals surface area contributed by atoms with Gasteiger partial charge in [0.05, 0.1) is 24.1 Å². The smallest absolute Gasteiger partial charge is 0.254 e. The largest absolute Gasteiger partial charge is 0.350 e. The molecule has 25 heavy (non-hydrogen) atoms. The first-order valence-electron chi connectivity index (χ1n) is 7.47. The van der Waals surface area contributed by atoms with Crippen molar-refractivity contribution in [2.45, 2.75) is 6.92 Å². The second-order valence-electron chi connectivity index (χ2n) is 5.45. The molecule has 2 aromatic rings. The topological polar surface area (TPSA) is 66.5 Å². The molecule has 0 radical (unpaired) electrons. The number of rotatable bonds is 6. The van der Waals surface area contributed by atoms with Crippen molar-refractivity contribution in [3.8, 4) is 0 Å². The molecule has 0 saturated heterocycles. The van der Waals surface area contributed by atoms with Gasteiger partial charge >= 0.3 is 0 Å². The van der Waals surface area contributed by atoms with Crippen LogP contribution in [0.5, 0.6) is 0 Å². The van der Waals surface area contributed by atoms with Crippen LogP contribution in [0.25, 0.3) is 0 Å². The number of anilines is 1. The van der Waals surface area contributed by atoms with Gasteiger partial charge in [-0.15, -0.1) is 0 Å². The molecule has 2 rings (SSSR count). The van der Waals surface area contributed by atoms with Crippen molar-refractivity contribution >= 4 is 33.2 Å². The third-order valence-electron chi connectivity index (χ3n) is 3.63. The highest BCUT2D eigenvalue weighted by Crippen LogP contribution is 2.27. The van der Waals surface area contributed by atoms with Gasteiger partial charge in [-0.25, -0.2) is 12.8 Å². The van der Waals surface area contributed by atoms with Gasteiger partial charge in [0.1, 0.15) is 5.82 Å². The number of carbonyl (C=O) groups excluding carboxylic acids is 1. The van der Waals surface area contributed by atoms with E-state index >= 15 is 0 Å². The van der Waals surface area contributed by atoms with E-state index in [-0.39, 0.29) is 18.7 Å². The van der Waals surface area contributed by atoms with Crippen LogP contribution >= 0.6 is 11.6 Å². The van der Waals surface area contributed by atoms with Crippen molar-refractivity contribution < 1.29 is 17.6 Å². The molecule has 5 nitrogen and oxygen atoms in total. The average molecular weight is 385 g/mol. The minimum Gasteiger partial charge on any atom is -0.350 e. The third kappa shape index (κ3) is 4.70. The Balaban J connectivity index is 2.13. The van der Waals surface area contributed by atoms with Gasteiger partial charge in [-0.3, -0.25) is 9.10 Å². The number of hydrogen-bond donors (Lipinski definition) is 1. The SMILES string of the molecule is Cc1c(Cl)cccc1N(CCNC(=O)c1ccccc1F)S(C)(=O)=O. The summed E-state index contributed by atoms with van der Waals surface area (Å²) in [6.07, 6.45) is 1.08. The van der Waals surface area contributed by atoms with Crippen LogP contribution in [0.1, 0.15) is 15.9 Å². The van der Waals surface area contributed by atoms with Gasteiger partial charge in [0.2, 0.25) is 10.0 Å². The molecule has 0 aliphatic rings. The van der Waals surface area contributed by atoms with Crippen molar-refractivity contribution in [2.75, 3.05) is 23.7 Å². The Morgan fingerprint density at radius 3 is 2.52 bits per heavy atom. The first-order chi connectivity index (χ1) is 11.7. The fourth-order valence-corrected chi connectivity index (χ4v) is 3.49. The standard InChI is InChI=1S/C17H18ClFN2O3S/c1-12-14(18)7-5-9-16(12)21(25(2,23)24)11-10-20-17(22)13-6-3-4-8-15(13)19/h3-9H,10-11H2,1-2H3,(H,20,22). The number of amides is 1. The van der Waals surface area contributed by atoms with Gasteiger partial charge in [0.15, 0.2) is 0 Å². The van der Waals surface area contributed by atoms with Crippen molar-refractivity contribution in [2.24, 2.45) is 0 Å². The number of hydrogen-bond acceptors (Lipinski definition) is 3. The summed E-state index contributed by atoms with van der Waals surface area (Å²) in [6.45, 7) is 1.74. The lowest BCUT2D eigenvalue weighted by Crippen LogP contribution is -2.38. The van der Waals surface area contributed by atoms with E-state index in [1.807, 2.05) is 0 Å². The molecule has 2 aromatic carbocycles. The highest BCUT2D eigenvalue weighted by atomic mass is 35.5. The van der Waals surface area contributed by atoms with Crippen LogP contribution in [-0.4, -0.2) is 33.7 Å². The van der Waals surface area contributed by atoms with E-state index in [1.54, 1.807) is 31.2 Å². The number of nitrogens with one attached hydrogen (secondary N) is 1. The quantitative estimate of drug-likeness (QED) is 0.832. The molecule has 8 heteroatoms. The van der Waals surface area contributed by atoms with Gasteiger partial charge in [-0.05, 0) is 36.8 Å². The van der Waals surface area contributed by atoms with E-state index in [4.69, 9.17) is 11.6 Å². The molecule has 0 aliphatic carbocycles. The third-order valence-corrected chi connectivity index (χ3v) is 5.22. The average Bonchev–Trinajstić information content (AvgIpc) is 2.54. The van der Waals surface area contributed by atoms with Crippen molar-refractivity contribution in [1.82, 2.24) is 5.32 Å². The van der Waals surface area contributed by atoms with Crippen LogP contribution < -0.4 is 9.62 Å². The second-order valence-corrected chi connectivity index (χ2v) is 7.77.